The van der Waals surface area contributed by atoms with Crippen LogP contribution < -0.4 is 15.0 Å². The Labute approximate surface area is 180 Å². The van der Waals surface area contributed by atoms with Crippen molar-refractivity contribution in [2.75, 3.05) is 11.4 Å². The smallest absolute Gasteiger partial charge is 0.261 e. The lowest BCUT2D eigenvalue weighted by atomic mass is 9.93. The number of hydrogen-bond donors (Lipinski definition) is 1. The van der Waals surface area contributed by atoms with Gasteiger partial charge in [-0.3, -0.25) is 14.4 Å². The van der Waals surface area contributed by atoms with Crippen LogP contribution in [-0.2, 0) is 14.4 Å². The summed E-state index contributed by atoms with van der Waals surface area (Å²) in [6.07, 6.45) is 2.21. The van der Waals surface area contributed by atoms with Crippen LogP contribution in [0, 0.1) is 11.7 Å². The third kappa shape index (κ3) is 4.36. The van der Waals surface area contributed by atoms with Gasteiger partial charge in [0.05, 0.1) is 10.7 Å². The molecule has 3 rings (SSSR count). The maximum absolute atomic E-state index is 14.7. The van der Waals surface area contributed by atoms with Gasteiger partial charge in [0.15, 0.2) is 6.10 Å². The summed E-state index contributed by atoms with van der Waals surface area (Å²) in [7, 11) is 0. The van der Waals surface area contributed by atoms with Crippen molar-refractivity contribution < 1.29 is 23.5 Å². The topological polar surface area (TPSA) is 75.7 Å². The second-order valence-electron chi connectivity index (χ2n) is 8.00. The minimum atomic E-state index is -0.837. The molecule has 1 aliphatic carbocycles. The quantitative estimate of drug-likeness (QED) is 0.651. The number of amides is 3. The molecule has 2 aliphatic rings. The summed E-state index contributed by atoms with van der Waals surface area (Å²) >= 11 is 6.14. The second kappa shape index (κ2) is 9.16. The van der Waals surface area contributed by atoms with E-state index in [0.717, 1.165) is 23.8 Å². The van der Waals surface area contributed by atoms with Crippen LogP contribution in [0.25, 0.3) is 0 Å². The highest BCUT2D eigenvalue weighted by Crippen LogP contribution is 2.39. The van der Waals surface area contributed by atoms with E-state index >= 15 is 0 Å². The first kappa shape index (κ1) is 22.3. The fourth-order valence-electron chi connectivity index (χ4n) is 3.63. The Morgan fingerprint density at radius 1 is 1.20 bits per heavy atom. The normalized spacial score (nSPS) is 17.5. The minimum absolute atomic E-state index is 0.0387. The minimum Gasteiger partial charge on any atom is -0.479 e. The van der Waals surface area contributed by atoms with Crippen LogP contribution in [-0.4, -0.2) is 30.4 Å². The molecule has 6 nitrogen and oxygen atoms in total. The number of benzene rings is 1. The zero-order chi connectivity index (χ0) is 22.0. The summed E-state index contributed by atoms with van der Waals surface area (Å²) in [5, 5.41) is 2.76. The van der Waals surface area contributed by atoms with Gasteiger partial charge in [-0.25, -0.2) is 9.29 Å². The number of anilines is 1. The molecule has 0 aromatic heterocycles. The molecule has 0 saturated heterocycles. The maximum atomic E-state index is 14.7. The van der Waals surface area contributed by atoms with Gasteiger partial charge >= 0.3 is 0 Å². The van der Waals surface area contributed by atoms with Crippen LogP contribution >= 0.6 is 11.6 Å². The Morgan fingerprint density at radius 3 is 2.33 bits per heavy atom. The number of carbonyl (C=O) groups excluding carboxylic acids is 3. The highest BCUT2D eigenvalue weighted by atomic mass is 35.5. The zero-order valence-corrected chi connectivity index (χ0v) is 18.1. The summed E-state index contributed by atoms with van der Waals surface area (Å²) < 4.78 is 20.5. The number of carbonyl (C=O) groups is 3. The highest BCUT2D eigenvalue weighted by Gasteiger charge is 2.41. The lowest BCUT2D eigenvalue weighted by Gasteiger charge is -2.21. The highest BCUT2D eigenvalue weighted by molar-refractivity contribution is 6.34. The molecule has 30 heavy (non-hydrogen) atoms. The van der Waals surface area contributed by atoms with Gasteiger partial charge < -0.3 is 10.1 Å². The van der Waals surface area contributed by atoms with Gasteiger partial charge in [-0.15, -0.1) is 0 Å². The zero-order valence-electron chi connectivity index (χ0n) is 17.4. The van der Waals surface area contributed by atoms with Gasteiger partial charge in [-0.05, 0) is 44.1 Å². The molecule has 3 amide bonds. The first-order valence-corrected chi connectivity index (χ1v) is 10.7. The number of rotatable bonds is 7. The average Bonchev–Trinajstić information content (AvgIpc) is 2.96. The van der Waals surface area contributed by atoms with Crippen molar-refractivity contribution in [2.45, 2.75) is 59.0 Å². The van der Waals surface area contributed by atoms with Crippen LogP contribution in [0.4, 0.5) is 10.1 Å². The third-order valence-electron chi connectivity index (χ3n) is 5.25. The molecule has 1 aromatic rings. The molecule has 0 bridgehead atoms. The van der Waals surface area contributed by atoms with E-state index in [-0.39, 0.29) is 28.3 Å². The van der Waals surface area contributed by atoms with Gasteiger partial charge in [-0.2, -0.15) is 0 Å². The molecule has 0 spiro atoms. The van der Waals surface area contributed by atoms with Crippen LogP contribution in [0.5, 0.6) is 5.75 Å². The fourth-order valence-corrected chi connectivity index (χ4v) is 3.83. The Hall–Kier alpha value is -2.41. The van der Waals surface area contributed by atoms with E-state index in [1.54, 1.807) is 6.92 Å². The van der Waals surface area contributed by atoms with E-state index in [2.05, 4.69) is 5.32 Å². The second-order valence-corrected chi connectivity index (χ2v) is 8.40. The van der Waals surface area contributed by atoms with E-state index < -0.39 is 23.7 Å². The number of hydrogen-bond acceptors (Lipinski definition) is 4. The molecule has 1 unspecified atom stereocenters. The van der Waals surface area contributed by atoms with Gasteiger partial charge in [-0.1, -0.05) is 32.4 Å². The molecule has 1 N–H and O–H groups in total. The third-order valence-corrected chi connectivity index (χ3v) is 5.54. The standard InChI is InChI=1S/C22H26ClFN2O4/c1-4-18(20(27)25-11-12(2)3)30-19-10-17(16(24)9-15(19)23)26-21(28)13-7-5-6-8-14(13)22(26)29/h9-10,12,18H,4-8,11H2,1-3H3,(H,25,27). The van der Waals surface area contributed by atoms with E-state index in [0.29, 0.717) is 37.0 Å². The number of halogens is 2. The van der Waals surface area contributed by atoms with Crippen molar-refractivity contribution >= 4 is 35.0 Å². The molecule has 0 radical (unpaired) electrons. The van der Waals surface area contributed by atoms with E-state index in [9.17, 15) is 18.8 Å². The average molecular weight is 437 g/mol. The predicted molar refractivity (Wildman–Crippen MR) is 112 cm³/mol. The Bertz CT molecular complexity index is 885. The molecular formula is C22H26ClFN2O4. The van der Waals surface area contributed by atoms with E-state index in [4.69, 9.17) is 16.3 Å². The monoisotopic (exact) mass is 436 g/mol. The first-order chi connectivity index (χ1) is 14.2. The van der Waals surface area contributed by atoms with Crippen LogP contribution in [0.15, 0.2) is 23.3 Å². The number of nitrogens with zero attached hydrogens (tertiary/aromatic N) is 1. The van der Waals surface area contributed by atoms with Crippen molar-refractivity contribution in [3.63, 3.8) is 0 Å². The van der Waals surface area contributed by atoms with Gasteiger partial charge in [0.1, 0.15) is 11.6 Å². The van der Waals surface area contributed by atoms with Gasteiger partial charge in [0, 0.05) is 23.8 Å². The molecule has 8 heteroatoms. The first-order valence-electron chi connectivity index (χ1n) is 10.3. The van der Waals surface area contributed by atoms with Crippen LogP contribution in [0.2, 0.25) is 5.02 Å². The van der Waals surface area contributed by atoms with Crippen molar-refractivity contribution in [1.29, 1.82) is 0 Å². The summed E-state index contributed by atoms with van der Waals surface area (Å²) in [6.45, 7) is 6.23. The SMILES string of the molecule is CCC(Oc1cc(N2C(=O)C3=C(CCCC3)C2=O)c(F)cc1Cl)C(=O)NCC(C)C. The molecule has 1 aliphatic heterocycles. The molecule has 0 saturated carbocycles. The van der Waals surface area contributed by atoms with Crippen LogP contribution in [0.3, 0.4) is 0 Å². The summed E-state index contributed by atoms with van der Waals surface area (Å²) in [5.74, 6) is -1.78. The van der Waals surface area contributed by atoms with Crippen molar-refractivity contribution in [2.24, 2.45) is 5.92 Å². The van der Waals surface area contributed by atoms with Gasteiger partial charge in [0.25, 0.3) is 17.7 Å². The molecule has 0 fully saturated rings. The molecule has 1 aromatic carbocycles. The number of ether oxygens (including phenoxy) is 1. The Kier molecular flexibility index (Phi) is 6.81. The van der Waals surface area contributed by atoms with E-state index in [1.165, 1.54) is 6.07 Å². The van der Waals surface area contributed by atoms with Crippen LogP contribution in [0.1, 0.15) is 52.9 Å². The lowest BCUT2D eigenvalue weighted by molar-refractivity contribution is -0.128. The molecule has 1 atom stereocenters. The fraction of sp³-hybridized carbons (Fsp3) is 0.500. The molecule has 162 valence electrons. The summed E-state index contributed by atoms with van der Waals surface area (Å²) in [5.41, 5.74) is 0.710. The molecule has 1 heterocycles. The maximum Gasteiger partial charge on any atom is 0.261 e. The lowest BCUT2D eigenvalue weighted by Crippen LogP contribution is -2.39. The summed E-state index contributed by atoms with van der Waals surface area (Å²) in [6, 6.07) is 2.23. The van der Waals surface area contributed by atoms with E-state index in [1.807, 2.05) is 13.8 Å². The largest absolute Gasteiger partial charge is 0.479 e. The predicted octanol–water partition coefficient (Wildman–Crippen LogP) is 4.15. The summed E-state index contributed by atoms with van der Waals surface area (Å²) in [4.78, 5) is 38.8. The van der Waals surface area contributed by atoms with Crippen molar-refractivity contribution in [1.82, 2.24) is 5.32 Å². The van der Waals surface area contributed by atoms with Crippen molar-refractivity contribution in [3.05, 3.63) is 34.1 Å². The number of imide groups is 1. The Balaban J connectivity index is 1.87. The van der Waals surface area contributed by atoms with Gasteiger partial charge in [0.2, 0.25) is 0 Å². The number of nitrogens with one attached hydrogen (secondary N) is 1. The van der Waals surface area contributed by atoms with Crippen molar-refractivity contribution in [3.8, 4) is 5.75 Å². The molecular weight excluding hydrogens is 411 g/mol. The Morgan fingerprint density at radius 2 is 1.80 bits per heavy atom.